The molecule has 0 N–H and O–H groups in total. The lowest BCUT2D eigenvalue weighted by Gasteiger charge is -1.93. The van der Waals surface area contributed by atoms with Crippen molar-refractivity contribution in [3.63, 3.8) is 0 Å². The molecule has 3 heteroatoms. The highest BCUT2D eigenvalue weighted by Gasteiger charge is 1.97. The highest BCUT2D eigenvalue weighted by atomic mass is 35.5. The monoisotopic (exact) mass is 155 g/mol. The Morgan fingerprint density at radius 1 is 1.80 bits per heavy atom. The van der Waals surface area contributed by atoms with E-state index in [0.29, 0.717) is 0 Å². The van der Waals surface area contributed by atoms with Crippen LogP contribution in [0.5, 0.6) is 0 Å². The van der Waals surface area contributed by atoms with E-state index in [0.717, 1.165) is 0 Å². The summed E-state index contributed by atoms with van der Waals surface area (Å²) in [5.74, 6) is 0. The molecule has 1 aromatic heterocycles. The Morgan fingerprint density at radius 3 is 3.10 bits per heavy atom. The molecule has 50 valence electrons. The molecule has 0 aliphatic heterocycles. The summed E-state index contributed by atoms with van der Waals surface area (Å²) in [5, 5.41) is 8.42. The molecule has 1 rings (SSSR count). The minimum absolute atomic E-state index is 0.0730. The molecule has 0 spiro atoms. The second-order valence-electron chi connectivity index (χ2n) is 1.65. The third kappa shape index (κ3) is 1.26. The Bertz CT molecular complexity index is 367. The Kier molecular flexibility index (Phi) is 1.06. The number of pyridine rings is 1. The molecule has 0 saturated heterocycles. The zero-order valence-corrected chi connectivity index (χ0v) is 5.68. The van der Waals surface area contributed by atoms with Crippen LogP contribution < -0.4 is 0 Å². The van der Waals surface area contributed by atoms with Crippen LogP contribution in [0.1, 0.15) is 15.4 Å². The van der Waals surface area contributed by atoms with Crippen molar-refractivity contribution in [3.8, 4) is 6.07 Å². The fourth-order valence-electron chi connectivity index (χ4n) is 0.518. The van der Waals surface area contributed by atoms with E-state index < -0.39 is 6.85 Å². The number of halogens is 1. The highest BCUT2D eigenvalue weighted by Crippen LogP contribution is 2.11. The largest absolute Gasteiger partial charge is 0.240 e. The van der Waals surface area contributed by atoms with Gasteiger partial charge in [0.15, 0.2) is 0 Å². The molecule has 0 atom stereocenters. The third-order valence-corrected chi connectivity index (χ3v) is 1.26. The molecular formula is C7H5ClN2. The van der Waals surface area contributed by atoms with Crippen molar-refractivity contribution >= 4 is 11.6 Å². The predicted octanol–water partition coefficient (Wildman–Crippen LogP) is 1.92. The van der Waals surface area contributed by atoms with Gasteiger partial charge in [-0.25, -0.2) is 4.98 Å². The summed E-state index contributed by atoms with van der Waals surface area (Å²) in [5.41, 5.74) is 0.0752. The van der Waals surface area contributed by atoms with Gasteiger partial charge in [-0.1, -0.05) is 11.6 Å². The van der Waals surface area contributed by atoms with Gasteiger partial charge in [-0.15, -0.1) is 0 Å². The Morgan fingerprint density at radius 2 is 2.60 bits per heavy atom. The maximum atomic E-state index is 8.50. The SMILES string of the molecule is [2H]C([2H])([2H])c1ccc(C#N)c(Cl)n1. The lowest BCUT2D eigenvalue weighted by molar-refractivity contribution is 1.19. The van der Waals surface area contributed by atoms with Gasteiger partial charge >= 0.3 is 0 Å². The molecule has 1 heterocycles. The molecule has 0 amide bonds. The molecule has 0 fully saturated rings. The van der Waals surface area contributed by atoms with Crippen LogP contribution in [0, 0.1) is 18.2 Å². The van der Waals surface area contributed by atoms with Crippen LogP contribution in [0.25, 0.3) is 0 Å². The number of nitrogens with zero attached hydrogens (tertiary/aromatic N) is 2. The van der Waals surface area contributed by atoms with E-state index in [1.807, 2.05) is 0 Å². The molecule has 0 radical (unpaired) electrons. The van der Waals surface area contributed by atoms with Gasteiger partial charge in [0.25, 0.3) is 0 Å². The maximum Gasteiger partial charge on any atom is 0.147 e. The molecular weight excluding hydrogens is 148 g/mol. The van der Waals surface area contributed by atoms with Crippen molar-refractivity contribution in [2.75, 3.05) is 0 Å². The molecule has 0 aromatic carbocycles. The number of aryl methyl sites for hydroxylation is 1. The van der Waals surface area contributed by atoms with Gasteiger partial charge in [-0.2, -0.15) is 5.26 Å². The minimum atomic E-state index is -2.28. The molecule has 0 unspecified atom stereocenters. The molecule has 0 aliphatic rings. The van der Waals surface area contributed by atoms with E-state index in [1.54, 1.807) is 6.07 Å². The van der Waals surface area contributed by atoms with Crippen molar-refractivity contribution < 1.29 is 4.11 Å². The molecule has 10 heavy (non-hydrogen) atoms. The number of hydrogen-bond donors (Lipinski definition) is 0. The summed E-state index contributed by atoms with van der Waals surface area (Å²) in [6.07, 6.45) is 0. The molecule has 0 bridgehead atoms. The van der Waals surface area contributed by atoms with E-state index in [1.165, 1.54) is 12.1 Å². The van der Waals surface area contributed by atoms with E-state index in [-0.39, 0.29) is 16.4 Å². The average molecular weight is 156 g/mol. The number of aromatic nitrogens is 1. The average Bonchev–Trinajstić information content (AvgIpc) is 2.02. The first kappa shape index (κ1) is 3.95. The van der Waals surface area contributed by atoms with Gasteiger partial charge in [0.05, 0.1) is 5.56 Å². The summed E-state index contributed by atoms with van der Waals surface area (Å²) < 4.78 is 21.1. The summed E-state index contributed by atoms with van der Waals surface area (Å²) in [4.78, 5) is 3.60. The van der Waals surface area contributed by atoms with Crippen molar-refractivity contribution in [1.29, 1.82) is 5.26 Å². The summed E-state index contributed by atoms with van der Waals surface area (Å²) in [7, 11) is 0. The topological polar surface area (TPSA) is 36.7 Å². The molecule has 0 aliphatic carbocycles. The van der Waals surface area contributed by atoms with Crippen LogP contribution in [-0.4, -0.2) is 4.98 Å². The third-order valence-electron chi connectivity index (χ3n) is 0.969. The summed E-state index contributed by atoms with van der Waals surface area (Å²) in [6, 6.07) is 4.42. The first-order valence-corrected chi connectivity index (χ1v) is 2.90. The second-order valence-corrected chi connectivity index (χ2v) is 2.00. The molecule has 1 aromatic rings. The number of nitriles is 1. The van der Waals surface area contributed by atoms with Crippen LogP contribution in [0.3, 0.4) is 0 Å². The van der Waals surface area contributed by atoms with Gasteiger partial charge in [-0.05, 0) is 19.0 Å². The van der Waals surface area contributed by atoms with E-state index in [4.69, 9.17) is 21.0 Å². The normalized spacial score (nSPS) is 14.6. The van der Waals surface area contributed by atoms with Crippen molar-refractivity contribution in [2.45, 2.75) is 6.85 Å². The number of hydrogen-bond acceptors (Lipinski definition) is 2. The van der Waals surface area contributed by atoms with Crippen molar-refractivity contribution in [2.24, 2.45) is 0 Å². The first-order valence-electron chi connectivity index (χ1n) is 4.02. The zero-order valence-electron chi connectivity index (χ0n) is 7.93. The van der Waals surface area contributed by atoms with Gasteiger partial charge in [0, 0.05) is 9.81 Å². The van der Waals surface area contributed by atoms with Crippen LogP contribution in [0.2, 0.25) is 5.15 Å². The standard InChI is InChI=1S/C7H5ClN2/c1-5-2-3-6(4-9)7(8)10-5/h2-3H,1H3/i1D3. The zero-order chi connectivity index (χ0) is 10.1. The smallest absolute Gasteiger partial charge is 0.147 e. The van der Waals surface area contributed by atoms with Crippen molar-refractivity contribution in [3.05, 3.63) is 28.5 Å². The van der Waals surface area contributed by atoms with Gasteiger partial charge in [0.1, 0.15) is 11.2 Å². The van der Waals surface area contributed by atoms with Gasteiger partial charge in [-0.3, -0.25) is 0 Å². The van der Waals surface area contributed by atoms with E-state index in [2.05, 4.69) is 4.98 Å². The van der Waals surface area contributed by atoms with Crippen LogP contribution in [0.15, 0.2) is 12.1 Å². The van der Waals surface area contributed by atoms with Gasteiger partial charge < -0.3 is 0 Å². The maximum absolute atomic E-state index is 8.50. The van der Waals surface area contributed by atoms with Crippen LogP contribution in [-0.2, 0) is 0 Å². The lowest BCUT2D eigenvalue weighted by atomic mass is 10.3. The fourth-order valence-corrected chi connectivity index (χ4v) is 0.714. The Balaban J connectivity index is 3.20. The molecule has 2 nitrogen and oxygen atoms in total. The molecule has 0 saturated carbocycles. The Hall–Kier alpha value is -1.07. The summed E-state index contributed by atoms with van der Waals surface area (Å²) in [6.45, 7) is -2.28. The Labute approximate surface area is 68.3 Å². The predicted molar refractivity (Wildman–Crippen MR) is 38.7 cm³/mol. The highest BCUT2D eigenvalue weighted by molar-refractivity contribution is 6.30. The number of rotatable bonds is 0. The van der Waals surface area contributed by atoms with Crippen LogP contribution >= 0.6 is 11.6 Å². The minimum Gasteiger partial charge on any atom is -0.240 e. The summed E-state index contributed by atoms with van der Waals surface area (Å²) >= 11 is 5.55. The van der Waals surface area contributed by atoms with Gasteiger partial charge in [0.2, 0.25) is 0 Å². The first-order chi connectivity index (χ1) is 5.95. The second kappa shape index (κ2) is 2.68. The van der Waals surface area contributed by atoms with Crippen molar-refractivity contribution in [1.82, 2.24) is 4.98 Å². The fraction of sp³-hybridized carbons (Fsp3) is 0.143. The van der Waals surface area contributed by atoms with E-state index >= 15 is 0 Å². The van der Waals surface area contributed by atoms with E-state index in [9.17, 15) is 0 Å². The van der Waals surface area contributed by atoms with Crippen LogP contribution in [0.4, 0.5) is 0 Å². The lowest BCUT2D eigenvalue weighted by Crippen LogP contribution is -1.84. The quantitative estimate of drug-likeness (QED) is 0.537.